The molecule has 0 saturated heterocycles. The molecular weight excluding hydrogens is 339 g/mol. The van der Waals surface area contributed by atoms with Crippen LogP contribution in [0.2, 0.25) is 10.0 Å². The minimum Gasteiger partial charge on any atom is -0.410 e. The molecule has 0 aliphatic carbocycles. The highest BCUT2D eigenvalue weighted by atomic mass is 35.5. The van der Waals surface area contributed by atoms with Gasteiger partial charge in [0.25, 0.3) is 5.91 Å². The van der Waals surface area contributed by atoms with E-state index in [1.807, 2.05) is 6.07 Å². The van der Waals surface area contributed by atoms with Gasteiger partial charge in [0.2, 0.25) is 0 Å². The fourth-order valence-electron chi connectivity index (χ4n) is 1.74. The number of rotatable bonds is 5. The predicted molar refractivity (Wildman–Crippen MR) is 89.3 cm³/mol. The van der Waals surface area contributed by atoms with Crippen molar-refractivity contribution in [3.8, 4) is 5.75 Å². The highest BCUT2D eigenvalue weighted by molar-refractivity contribution is 6.35. The van der Waals surface area contributed by atoms with Gasteiger partial charge in [-0.3, -0.25) is 4.79 Å². The van der Waals surface area contributed by atoms with E-state index in [1.54, 1.807) is 36.4 Å². The third kappa shape index (κ3) is 5.47. The van der Waals surface area contributed by atoms with Crippen molar-refractivity contribution >= 4 is 35.2 Å². The molecule has 0 spiro atoms. The fraction of sp³-hybridized carbons (Fsp3) is 0.125. The lowest BCUT2D eigenvalue weighted by atomic mass is 10.2. The highest BCUT2D eigenvalue weighted by Crippen LogP contribution is 2.20. The number of benzene rings is 2. The second kappa shape index (κ2) is 8.41. The molecule has 0 aliphatic rings. The number of hydrogen-bond acceptors (Lipinski definition) is 3. The maximum Gasteiger partial charge on any atom is 0.412 e. The van der Waals surface area contributed by atoms with Crippen molar-refractivity contribution in [2.45, 2.75) is 0 Å². The first kappa shape index (κ1) is 17.1. The van der Waals surface area contributed by atoms with Gasteiger partial charge in [-0.15, -0.1) is 0 Å². The molecule has 0 aromatic heterocycles. The number of amides is 2. The van der Waals surface area contributed by atoms with Crippen LogP contribution in [0.4, 0.5) is 4.79 Å². The Morgan fingerprint density at radius 3 is 2.39 bits per heavy atom. The first-order valence-corrected chi connectivity index (χ1v) is 7.56. The van der Waals surface area contributed by atoms with E-state index in [0.717, 1.165) is 0 Å². The monoisotopic (exact) mass is 352 g/mol. The van der Waals surface area contributed by atoms with E-state index in [4.69, 9.17) is 27.9 Å². The molecule has 0 radical (unpaired) electrons. The van der Waals surface area contributed by atoms with Crippen LogP contribution in [-0.4, -0.2) is 25.1 Å². The number of hydrogen-bond donors (Lipinski definition) is 2. The number of halogens is 2. The van der Waals surface area contributed by atoms with Gasteiger partial charge in [-0.2, -0.15) is 0 Å². The number of carbonyl (C=O) groups excluding carboxylic acids is 2. The topological polar surface area (TPSA) is 67.4 Å². The van der Waals surface area contributed by atoms with E-state index in [1.165, 1.54) is 6.07 Å². The standard InChI is InChI=1S/C16H14Cl2N2O3/c17-11-6-7-14(18)13(10-11)15(21)19-8-9-20-16(22)23-12-4-2-1-3-5-12/h1-7,10H,8-9H2,(H,19,21)(H,20,22). The molecule has 0 atom stereocenters. The van der Waals surface area contributed by atoms with Crippen LogP contribution in [0.3, 0.4) is 0 Å². The van der Waals surface area contributed by atoms with Crippen LogP contribution in [0.5, 0.6) is 5.75 Å². The largest absolute Gasteiger partial charge is 0.412 e. The van der Waals surface area contributed by atoms with Gasteiger partial charge in [0.1, 0.15) is 5.75 Å². The maximum absolute atomic E-state index is 12.0. The molecule has 7 heteroatoms. The summed E-state index contributed by atoms with van der Waals surface area (Å²) >= 11 is 11.8. The summed E-state index contributed by atoms with van der Waals surface area (Å²) in [5.74, 6) is 0.0791. The van der Waals surface area contributed by atoms with Gasteiger partial charge in [-0.25, -0.2) is 4.79 Å². The molecule has 23 heavy (non-hydrogen) atoms. The Morgan fingerprint density at radius 2 is 1.65 bits per heavy atom. The summed E-state index contributed by atoms with van der Waals surface area (Å²) in [5.41, 5.74) is 0.283. The molecule has 0 unspecified atom stereocenters. The smallest absolute Gasteiger partial charge is 0.410 e. The summed E-state index contributed by atoms with van der Waals surface area (Å²) in [6.45, 7) is 0.446. The molecule has 2 amide bonds. The van der Waals surface area contributed by atoms with E-state index in [9.17, 15) is 9.59 Å². The van der Waals surface area contributed by atoms with Crippen molar-refractivity contribution in [1.82, 2.24) is 10.6 Å². The van der Waals surface area contributed by atoms with Gasteiger partial charge in [0, 0.05) is 18.1 Å². The van der Waals surface area contributed by atoms with Crippen molar-refractivity contribution in [3.63, 3.8) is 0 Å². The van der Waals surface area contributed by atoms with Gasteiger partial charge in [0.15, 0.2) is 0 Å². The minimum absolute atomic E-state index is 0.218. The summed E-state index contributed by atoms with van der Waals surface area (Å²) in [5, 5.41) is 5.89. The van der Waals surface area contributed by atoms with Gasteiger partial charge in [-0.05, 0) is 30.3 Å². The second-order valence-corrected chi connectivity index (χ2v) is 5.35. The molecule has 0 aliphatic heterocycles. The van der Waals surface area contributed by atoms with E-state index in [2.05, 4.69) is 10.6 Å². The van der Waals surface area contributed by atoms with Crippen LogP contribution >= 0.6 is 23.2 Å². The quantitative estimate of drug-likeness (QED) is 0.809. The van der Waals surface area contributed by atoms with E-state index >= 15 is 0 Å². The molecule has 0 bridgehead atoms. The average molecular weight is 353 g/mol. The summed E-state index contributed by atoms with van der Waals surface area (Å²) in [7, 11) is 0. The fourth-order valence-corrected chi connectivity index (χ4v) is 2.11. The van der Waals surface area contributed by atoms with Gasteiger partial charge in [0.05, 0.1) is 10.6 Å². The van der Waals surface area contributed by atoms with Crippen molar-refractivity contribution in [2.24, 2.45) is 0 Å². The van der Waals surface area contributed by atoms with Gasteiger partial charge >= 0.3 is 6.09 Å². The van der Waals surface area contributed by atoms with Crippen molar-refractivity contribution in [1.29, 1.82) is 0 Å². The lowest BCUT2D eigenvalue weighted by molar-refractivity contribution is 0.0953. The van der Waals surface area contributed by atoms with Gasteiger partial charge in [-0.1, -0.05) is 41.4 Å². The molecule has 5 nitrogen and oxygen atoms in total. The Hall–Kier alpha value is -2.24. The molecule has 2 N–H and O–H groups in total. The Kier molecular flexibility index (Phi) is 6.26. The Morgan fingerprint density at radius 1 is 0.957 bits per heavy atom. The minimum atomic E-state index is -0.591. The Balaban J connectivity index is 1.73. The lowest BCUT2D eigenvalue weighted by Gasteiger charge is -2.09. The Labute approximate surface area is 143 Å². The first-order valence-electron chi connectivity index (χ1n) is 6.80. The first-order chi connectivity index (χ1) is 11.1. The lowest BCUT2D eigenvalue weighted by Crippen LogP contribution is -2.36. The average Bonchev–Trinajstić information content (AvgIpc) is 2.54. The summed E-state index contributed by atoms with van der Waals surface area (Å²) in [6, 6.07) is 13.3. The highest BCUT2D eigenvalue weighted by Gasteiger charge is 2.10. The summed E-state index contributed by atoms with van der Waals surface area (Å²) in [6.07, 6.45) is -0.591. The van der Waals surface area contributed by atoms with Crippen LogP contribution < -0.4 is 15.4 Å². The van der Waals surface area contributed by atoms with Crippen LogP contribution in [0.1, 0.15) is 10.4 Å². The maximum atomic E-state index is 12.0. The van der Waals surface area contributed by atoms with E-state index in [-0.39, 0.29) is 24.6 Å². The third-order valence-corrected chi connectivity index (χ3v) is 3.37. The molecule has 2 rings (SSSR count). The zero-order chi connectivity index (χ0) is 16.7. The number of para-hydroxylation sites is 1. The van der Waals surface area contributed by atoms with Crippen molar-refractivity contribution in [3.05, 3.63) is 64.1 Å². The van der Waals surface area contributed by atoms with Crippen LogP contribution in [0, 0.1) is 0 Å². The second-order valence-electron chi connectivity index (χ2n) is 4.51. The van der Waals surface area contributed by atoms with E-state index < -0.39 is 6.09 Å². The molecule has 0 saturated carbocycles. The van der Waals surface area contributed by atoms with Crippen LogP contribution in [-0.2, 0) is 0 Å². The number of nitrogens with one attached hydrogen (secondary N) is 2. The van der Waals surface area contributed by atoms with E-state index in [0.29, 0.717) is 15.8 Å². The normalized spacial score (nSPS) is 10.0. The predicted octanol–water partition coefficient (Wildman–Crippen LogP) is 3.51. The van der Waals surface area contributed by atoms with Gasteiger partial charge < -0.3 is 15.4 Å². The number of carbonyl (C=O) groups is 2. The molecule has 2 aromatic carbocycles. The van der Waals surface area contributed by atoms with Crippen LogP contribution in [0.25, 0.3) is 0 Å². The molecule has 2 aromatic rings. The zero-order valence-electron chi connectivity index (χ0n) is 12.0. The summed E-state index contributed by atoms with van der Waals surface area (Å²) in [4.78, 5) is 23.5. The molecule has 0 heterocycles. The van der Waals surface area contributed by atoms with Crippen LogP contribution in [0.15, 0.2) is 48.5 Å². The molecule has 0 fully saturated rings. The van der Waals surface area contributed by atoms with Crippen molar-refractivity contribution in [2.75, 3.05) is 13.1 Å². The summed E-state index contributed by atoms with van der Waals surface area (Å²) < 4.78 is 5.04. The number of ether oxygens (including phenoxy) is 1. The molecular formula is C16H14Cl2N2O3. The third-order valence-electron chi connectivity index (χ3n) is 2.81. The Bertz CT molecular complexity index is 693. The SMILES string of the molecule is O=C(NCCNC(=O)c1cc(Cl)ccc1Cl)Oc1ccccc1. The van der Waals surface area contributed by atoms with Crippen molar-refractivity contribution < 1.29 is 14.3 Å². The molecule has 120 valence electrons. The zero-order valence-corrected chi connectivity index (χ0v) is 13.5.